The van der Waals surface area contributed by atoms with Gasteiger partial charge in [-0.2, -0.15) is 0 Å². The number of nitrogens with zero attached hydrogens (tertiary/aromatic N) is 5. The van der Waals surface area contributed by atoms with Crippen molar-refractivity contribution in [3.8, 4) is 11.4 Å². The Kier molecular flexibility index (Phi) is 5.62. The van der Waals surface area contributed by atoms with Gasteiger partial charge in [0.2, 0.25) is 5.91 Å². The first-order valence-electron chi connectivity index (χ1n) is 11.2. The molecule has 2 aromatic rings. The van der Waals surface area contributed by atoms with Crippen LogP contribution in [0, 0.1) is 5.92 Å². The third-order valence-corrected chi connectivity index (χ3v) is 6.78. The van der Waals surface area contributed by atoms with Gasteiger partial charge < -0.3 is 19.7 Å². The second-order valence-electron chi connectivity index (χ2n) is 9.00. The van der Waals surface area contributed by atoms with Crippen LogP contribution < -0.4 is 10.2 Å². The molecule has 3 fully saturated rings. The molecule has 2 saturated heterocycles. The lowest BCUT2D eigenvalue weighted by molar-refractivity contribution is -0.127. The Morgan fingerprint density at radius 2 is 1.81 bits per heavy atom. The number of aromatic nitrogens is 4. The van der Waals surface area contributed by atoms with Gasteiger partial charge in [0.05, 0.1) is 19.3 Å². The molecule has 3 heterocycles. The van der Waals surface area contributed by atoms with E-state index >= 15 is 0 Å². The molecule has 1 aromatic heterocycles. The van der Waals surface area contributed by atoms with Crippen LogP contribution in [0.3, 0.4) is 0 Å². The second kappa shape index (κ2) is 8.55. The fourth-order valence-electron chi connectivity index (χ4n) is 4.99. The first-order valence-corrected chi connectivity index (χ1v) is 11.2. The predicted molar refractivity (Wildman–Crippen MR) is 115 cm³/mol. The van der Waals surface area contributed by atoms with Crippen molar-refractivity contribution in [2.45, 2.75) is 56.4 Å². The van der Waals surface area contributed by atoms with E-state index in [1.54, 1.807) is 4.68 Å². The Morgan fingerprint density at radius 3 is 2.55 bits per heavy atom. The number of tetrazole rings is 1. The van der Waals surface area contributed by atoms with Crippen LogP contribution in [0.4, 0.5) is 5.69 Å². The monoisotopic (exact) mass is 426 g/mol. The molecule has 5 rings (SSSR count). The van der Waals surface area contributed by atoms with Gasteiger partial charge in [0, 0.05) is 31.3 Å². The summed E-state index contributed by atoms with van der Waals surface area (Å²) in [5.41, 5.74) is 2.06. The van der Waals surface area contributed by atoms with Crippen LogP contribution >= 0.6 is 0 Å². The second-order valence-corrected chi connectivity index (χ2v) is 9.00. The number of amides is 1. The molecule has 3 aliphatic rings. The molecule has 1 N–H and O–H groups in total. The number of carbonyl (C=O) groups is 1. The smallest absolute Gasteiger partial charge is 0.223 e. The zero-order chi connectivity index (χ0) is 21.4. The highest BCUT2D eigenvalue weighted by Crippen LogP contribution is 2.36. The first kappa shape index (κ1) is 20.4. The highest BCUT2D eigenvalue weighted by molar-refractivity contribution is 5.79. The number of hydrogen-bond donors (Lipinski definition) is 1. The number of benzene rings is 1. The van der Waals surface area contributed by atoms with Crippen LogP contribution in [-0.2, 0) is 14.3 Å². The quantitative estimate of drug-likeness (QED) is 0.779. The molecule has 1 aromatic carbocycles. The van der Waals surface area contributed by atoms with Crippen molar-refractivity contribution in [1.29, 1.82) is 0 Å². The van der Waals surface area contributed by atoms with E-state index in [-0.39, 0.29) is 36.1 Å². The molecule has 0 bridgehead atoms. The van der Waals surface area contributed by atoms with Crippen LogP contribution in [0.15, 0.2) is 24.3 Å². The van der Waals surface area contributed by atoms with Crippen LogP contribution in [-0.4, -0.2) is 71.7 Å². The lowest BCUT2D eigenvalue weighted by Crippen LogP contribution is -2.46. The van der Waals surface area contributed by atoms with E-state index in [1.807, 2.05) is 38.4 Å². The minimum absolute atomic E-state index is 0.122. The molecule has 1 aliphatic carbocycles. The summed E-state index contributed by atoms with van der Waals surface area (Å²) in [4.78, 5) is 14.8. The number of carbonyl (C=O) groups excluding carboxylic acids is 1. The zero-order valence-corrected chi connectivity index (χ0v) is 18.1. The van der Waals surface area contributed by atoms with Crippen molar-refractivity contribution in [3.63, 3.8) is 0 Å². The average molecular weight is 427 g/mol. The SMILES string of the molecule is CN(C)c1ccc(-c2nnnn2[C@H]2CO[C@H]3[C@@H]2OC[C@@H]3NC(=O)C2CCCCC2)cc1. The first-order chi connectivity index (χ1) is 15.1. The molecule has 1 saturated carbocycles. The van der Waals surface area contributed by atoms with Crippen LogP contribution in [0.5, 0.6) is 0 Å². The highest BCUT2D eigenvalue weighted by atomic mass is 16.6. The summed E-state index contributed by atoms with van der Waals surface area (Å²) in [6, 6.07) is 7.89. The van der Waals surface area contributed by atoms with Gasteiger partial charge >= 0.3 is 0 Å². The molecule has 4 atom stereocenters. The Bertz CT molecular complexity index is 908. The van der Waals surface area contributed by atoms with Gasteiger partial charge in [-0.05, 0) is 47.5 Å². The fraction of sp³-hybridized carbons (Fsp3) is 0.636. The van der Waals surface area contributed by atoms with Crippen molar-refractivity contribution in [2.75, 3.05) is 32.2 Å². The molecule has 31 heavy (non-hydrogen) atoms. The number of ether oxygens (including phenoxy) is 2. The Balaban J connectivity index is 1.28. The topological polar surface area (TPSA) is 94.4 Å². The van der Waals surface area contributed by atoms with Crippen LogP contribution in [0.25, 0.3) is 11.4 Å². The van der Waals surface area contributed by atoms with E-state index in [0.29, 0.717) is 19.0 Å². The van der Waals surface area contributed by atoms with Crippen molar-refractivity contribution >= 4 is 11.6 Å². The third-order valence-electron chi connectivity index (χ3n) is 6.78. The van der Waals surface area contributed by atoms with Crippen molar-refractivity contribution in [2.24, 2.45) is 5.92 Å². The van der Waals surface area contributed by atoms with Gasteiger partial charge in [-0.15, -0.1) is 5.10 Å². The van der Waals surface area contributed by atoms with E-state index in [9.17, 15) is 4.79 Å². The van der Waals surface area contributed by atoms with Gasteiger partial charge in [0.15, 0.2) is 5.82 Å². The van der Waals surface area contributed by atoms with Crippen molar-refractivity contribution in [1.82, 2.24) is 25.5 Å². The minimum Gasteiger partial charge on any atom is -0.378 e. The normalized spacial score (nSPS) is 28.5. The molecule has 0 spiro atoms. The van der Waals surface area contributed by atoms with Gasteiger partial charge in [0.25, 0.3) is 0 Å². The maximum absolute atomic E-state index is 12.7. The summed E-state index contributed by atoms with van der Waals surface area (Å²) in [6.45, 7) is 0.915. The van der Waals surface area contributed by atoms with Crippen LogP contribution in [0.2, 0.25) is 0 Å². The summed E-state index contributed by atoms with van der Waals surface area (Å²) in [6.07, 6.45) is 5.13. The summed E-state index contributed by atoms with van der Waals surface area (Å²) in [5.74, 6) is 0.962. The molecule has 0 unspecified atom stereocenters. The van der Waals surface area contributed by atoms with Gasteiger partial charge in [-0.3, -0.25) is 4.79 Å². The van der Waals surface area contributed by atoms with Crippen LogP contribution in [0.1, 0.15) is 38.1 Å². The minimum atomic E-state index is -0.181. The maximum atomic E-state index is 12.7. The van der Waals surface area contributed by atoms with E-state index in [4.69, 9.17) is 9.47 Å². The highest BCUT2D eigenvalue weighted by Gasteiger charge is 2.50. The van der Waals surface area contributed by atoms with E-state index in [1.165, 1.54) is 6.42 Å². The Morgan fingerprint density at radius 1 is 1.06 bits per heavy atom. The summed E-state index contributed by atoms with van der Waals surface area (Å²) in [7, 11) is 4.02. The van der Waals surface area contributed by atoms with Gasteiger partial charge in [-0.1, -0.05) is 19.3 Å². The maximum Gasteiger partial charge on any atom is 0.223 e. The summed E-state index contributed by atoms with van der Waals surface area (Å²) >= 11 is 0. The number of anilines is 1. The molecule has 166 valence electrons. The largest absolute Gasteiger partial charge is 0.378 e. The standard InChI is InChI=1S/C22H30N6O3/c1-27(2)16-10-8-14(9-11-16)21-24-25-26-28(21)18-13-31-19-17(12-30-20(18)19)23-22(29)15-6-4-3-5-7-15/h8-11,15,17-20H,3-7,12-13H2,1-2H3,(H,23,29)/t17-,18-,19+,20+/m0/s1. The van der Waals surface area contributed by atoms with E-state index in [0.717, 1.165) is 36.9 Å². The average Bonchev–Trinajstić information content (AvgIpc) is 3.52. The lowest BCUT2D eigenvalue weighted by Gasteiger charge is -2.24. The molecule has 9 nitrogen and oxygen atoms in total. The zero-order valence-electron chi connectivity index (χ0n) is 18.1. The lowest BCUT2D eigenvalue weighted by atomic mass is 9.88. The molecular weight excluding hydrogens is 396 g/mol. The molecule has 1 amide bonds. The Labute approximate surface area is 182 Å². The van der Waals surface area contributed by atoms with E-state index in [2.05, 4.69) is 25.7 Å². The van der Waals surface area contributed by atoms with E-state index < -0.39 is 0 Å². The molecular formula is C22H30N6O3. The van der Waals surface area contributed by atoms with Crippen molar-refractivity contribution < 1.29 is 14.3 Å². The third kappa shape index (κ3) is 3.92. The summed E-state index contributed by atoms with van der Waals surface area (Å²) in [5, 5.41) is 15.6. The van der Waals surface area contributed by atoms with Crippen molar-refractivity contribution in [3.05, 3.63) is 24.3 Å². The van der Waals surface area contributed by atoms with Gasteiger partial charge in [0.1, 0.15) is 18.2 Å². The summed E-state index contributed by atoms with van der Waals surface area (Å²) < 4.78 is 14.0. The van der Waals surface area contributed by atoms with Gasteiger partial charge in [-0.25, -0.2) is 4.68 Å². The molecule has 0 radical (unpaired) electrons. The number of nitrogens with one attached hydrogen (secondary N) is 1. The number of fused-ring (bicyclic) bond motifs is 1. The fourth-order valence-corrected chi connectivity index (χ4v) is 4.99. The number of rotatable bonds is 5. The Hall–Kier alpha value is -2.52. The number of hydrogen-bond acceptors (Lipinski definition) is 7. The molecule has 9 heteroatoms. The predicted octanol–water partition coefficient (Wildman–Crippen LogP) is 1.81. The molecule has 2 aliphatic heterocycles.